The van der Waals surface area contributed by atoms with Crippen LogP contribution in [0, 0.1) is 34.9 Å². The summed E-state index contributed by atoms with van der Waals surface area (Å²) in [7, 11) is 0. The molecule has 0 unspecified atom stereocenters. The maximum absolute atomic E-state index is 13.4. The van der Waals surface area contributed by atoms with E-state index >= 15 is 0 Å². The van der Waals surface area contributed by atoms with Gasteiger partial charge in [-0.3, -0.25) is 5.32 Å². The van der Waals surface area contributed by atoms with Gasteiger partial charge in [-0.15, -0.1) is 0 Å². The van der Waals surface area contributed by atoms with E-state index in [2.05, 4.69) is 5.32 Å². The smallest absolute Gasteiger partial charge is 0.200 e. The topological polar surface area (TPSA) is 12.0 Å². The minimum atomic E-state index is -2.27. The molecule has 2 rings (SSSR count). The first-order valence-corrected chi connectivity index (χ1v) is 6.39. The Bertz CT molecular complexity index is 642. The van der Waals surface area contributed by atoms with Gasteiger partial charge in [0.05, 0.1) is 5.56 Å². The zero-order chi connectivity index (χ0) is 17.6. The van der Waals surface area contributed by atoms with Crippen molar-refractivity contribution in [1.82, 2.24) is 5.32 Å². The Labute approximate surface area is 127 Å². The fourth-order valence-corrected chi connectivity index (χ4v) is 1.60. The van der Waals surface area contributed by atoms with Crippen LogP contribution in [0.3, 0.4) is 0 Å². The van der Waals surface area contributed by atoms with Gasteiger partial charge in [0.15, 0.2) is 23.3 Å². The Kier molecular flexibility index (Phi) is 7.02. The lowest BCUT2D eigenvalue weighted by Crippen LogP contribution is -2.08. The molecule has 0 spiro atoms. The second-order valence-corrected chi connectivity index (χ2v) is 4.16. The lowest BCUT2D eigenvalue weighted by molar-refractivity contribution is 0.381. The van der Waals surface area contributed by atoms with Gasteiger partial charge in [-0.2, -0.15) is 0 Å². The Balaban J connectivity index is 0.000000463. The van der Waals surface area contributed by atoms with Gasteiger partial charge in [0.2, 0.25) is 5.82 Å². The van der Waals surface area contributed by atoms with Crippen LogP contribution in [0.15, 0.2) is 24.3 Å². The molecule has 0 aliphatic heterocycles. The van der Waals surface area contributed by atoms with Gasteiger partial charge >= 0.3 is 0 Å². The quantitative estimate of drug-likeness (QED) is 0.370. The van der Waals surface area contributed by atoms with Crippen LogP contribution in [0.5, 0.6) is 0 Å². The van der Waals surface area contributed by atoms with E-state index in [0.29, 0.717) is 0 Å². The molecule has 0 amide bonds. The van der Waals surface area contributed by atoms with Crippen LogP contribution in [0.1, 0.15) is 6.92 Å². The van der Waals surface area contributed by atoms with Crippen molar-refractivity contribution in [1.29, 1.82) is 0 Å². The number of nitrogens with one attached hydrogen (secondary N) is 1. The van der Waals surface area contributed by atoms with E-state index in [0.717, 1.165) is 18.7 Å². The summed E-state index contributed by atoms with van der Waals surface area (Å²) >= 11 is 0. The molecule has 0 atom stereocenters. The zero-order valence-corrected chi connectivity index (χ0v) is 11.9. The third-order valence-corrected chi connectivity index (χ3v) is 2.70. The molecule has 0 saturated carbocycles. The van der Waals surface area contributed by atoms with E-state index in [-0.39, 0.29) is 0 Å². The van der Waals surface area contributed by atoms with Crippen molar-refractivity contribution >= 4 is 0 Å². The molecule has 2 aromatic rings. The molecule has 1 nitrogen and oxygen atoms in total. The maximum atomic E-state index is 13.4. The first-order chi connectivity index (χ1) is 10.9. The monoisotopic (exact) mass is 339 g/mol. The Morgan fingerprint density at radius 2 is 1.26 bits per heavy atom. The number of rotatable bonds is 3. The first kappa shape index (κ1) is 19.0. The molecule has 0 aliphatic rings. The lowest BCUT2D eigenvalue weighted by Gasteiger charge is -2.08. The highest BCUT2D eigenvalue weighted by molar-refractivity contribution is 5.65. The molecule has 0 fully saturated rings. The molecule has 0 saturated heterocycles. The van der Waals surface area contributed by atoms with Crippen molar-refractivity contribution in [2.75, 3.05) is 13.3 Å². The molecular weight excluding hydrogens is 327 g/mol. The lowest BCUT2D eigenvalue weighted by atomic mass is 10.0. The summed E-state index contributed by atoms with van der Waals surface area (Å²) in [6, 6.07) is 4.22. The van der Waals surface area contributed by atoms with Crippen LogP contribution in [-0.4, -0.2) is 13.3 Å². The van der Waals surface area contributed by atoms with E-state index in [9.17, 15) is 30.7 Å². The maximum Gasteiger partial charge on any atom is 0.200 e. The van der Waals surface area contributed by atoms with E-state index < -0.39 is 52.8 Å². The molecule has 8 heteroatoms. The summed E-state index contributed by atoms with van der Waals surface area (Å²) in [6.07, 6.45) is 0. The van der Waals surface area contributed by atoms with Crippen molar-refractivity contribution in [2.24, 2.45) is 0 Å². The Morgan fingerprint density at radius 3 is 1.65 bits per heavy atom. The predicted octanol–water partition coefficient (Wildman–Crippen LogP) is 4.71. The van der Waals surface area contributed by atoms with Gasteiger partial charge in [-0.05, 0) is 12.6 Å². The van der Waals surface area contributed by atoms with Crippen LogP contribution in [0.4, 0.5) is 30.7 Å². The van der Waals surface area contributed by atoms with Crippen LogP contribution in [-0.2, 0) is 0 Å². The molecule has 1 N–H and O–H groups in total. The standard InChI is InChI=1S/C12H4F6.C3H8FN/c13-6-4-2-1-3-5(6)7-8(14)10(16)12(18)11(17)9(7)15;1-2-5-3-4/h1-4H;5H,2-3H2,1H3. The number of hydrogen-bond donors (Lipinski definition) is 1. The summed E-state index contributed by atoms with van der Waals surface area (Å²) in [5, 5.41) is 2.44. The van der Waals surface area contributed by atoms with Crippen molar-refractivity contribution in [3.05, 3.63) is 59.2 Å². The van der Waals surface area contributed by atoms with Gasteiger partial charge in [0.1, 0.15) is 12.6 Å². The van der Waals surface area contributed by atoms with Gasteiger partial charge in [-0.1, -0.05) is 25.1 Å². The van der Waals surface area contributed by atoms with Crippen LogP contribution < -0.4 is 5.32 Å². The molecule has 23 heavy (non-hydrogen) atoms. The average molecular weight is 339 g/mol. The largest absolute Gasteiger partial charge is 0.291 e. The second-order valence-electron chi connectivity index (χ2n) is 4.16. The Morgan fingerprint density at radius 1 is 0.783 bits per heavy atom. The highest BCUT2D eigenvalue weighted by atomic mass is 19.2. The third kappa shape index (κ3) is 4.22. The SMILES string of the molecule is CCNCF.Fc1ccccc1-c1c(F)c(F)c(F)c(F)c1F. The van der Waals surface area contributed by atoms with Crippen molar-refractivity contribution in [2.45, 2.75) is 6.92 Å². The van der Waals surface area contributed by atoms with Gasteiger partial charge in [-0.25, -0.2) is 30.7 Å². The summed E-state index contributed by atoms with van der Waals surface area (Å²) in [4.78, 5) is 0. The van der Waals surface area contributed by atoms with Crippen molar-refractivity contribution < 1.29 is 30.7 Å². The molecular formula is C15H12F7N. The summed E-state index contributed by atoms with van der Waals surface area (Å²) in [5.41, 5.74) is -1.96. The minimum absolute atomic E-state index is 0.406. The number of benzene rings is 2. The fraction of sp³-hybridized carbons (Fsp3) is 0.200. The highest BCUT2D eigenvalue weighted by Gasteiger charge is 2.27. The predicted molar refractivity (Wildman–Crippen MR) is 71.3 cm³/mol. The second kappa shape index (κ2) is 8.52. The van der Waals surface area contributed by atoms with Crippen LogP contribution >= 0.6 is 0 Å². The Hall–Kier alpha value is -2.09. The summed E-state index contributed by atoms with van der Waals surface area (Å²) in [6.45, 7) is 2.17. The summed E-state index contributed by atoms with van der Waals surface area (Å²) < 4.78 is 89.6. The normalized spacial score (nSPS) is 10.3. The van der Waals surface area contributed by atoms with Gasteiger partial charge in [0, 0.05) is 5.56 Å². The third-order valence-electron chi connectivity index (χ3n) is 2.70. The molecule has 0 aromatic heterocycles. The number of halogens is 7. The molecule has 0 radical (unpaired) electrons. The molecule has 0 bridgehead atoms. The van der Waals surface area contributed by atoms with Crippen molar-refractivity contribution in [3.8, 4) is 11.1 Å². The van der Waals surface area contributed by atoms with Gasteiger partial charge < -0.3 is 0 Å². The highest BCUT2D eigenvalue weighted by Crippen LogP contribution is 2.32. The van der Waals surface area contributed by atoms with E-state index in [4.69, 9.17) is 0 Å². The molecule has 126 valence electrons. The van der Waals surface area contributed by atoms with Crippen molar-refractivity contribution in [3.63, 3.8) is 0 Å². The molecule has 0 heterocycles. The summed E-state index contributed by atoms with van der Waals surface area (Å²) in [5.74, 6) is -11.7. The number of hydrogen-bond acceptors (Lipinski definition) is 1. The fourth-order valence-electron chi connectivity index (χ4n) is 1.60. The van der Waals surface area contributed by atoms with E-state index in [1.165, 1.54) is 12.1 Å². The zero-order valence-electron chi connectivity index (χ0n) is 11.9. The van der Waals surface area contributed by atoms with Crippen LogP contribution in [0.25, 0.3) is 11.1 Å². The van der Waals surface area contributed by atoms with E-state index in [1.807, 2.05) is 6.92 Å². The van der Waals surface area contributed by atoms with Gasteiger partial charge in [0.25, 0.3) is 0 Å². The minimum Gasteiger partial charge on any atom is -0.291 e. The number of alkyl halides is 1. The van der Waals surface area contributed by atoms with Crippen LogP contribution in [0.2, 0.25) is 0 Å². The average Bonchev–Trinajstić information content (AvgIpc) is 2.54. The first-order valence-electron chi connectivity index (χ1n) is 6.39. The molecule has 2 aromatic carbocycles. The van der Waals surface area contributed by atoms with E-state index in [1.54, 1.807) is 0 Å². The molecule has 0 aliphatic carbocycles.